The molecular weight excluding hydrogens is 304 g/mol. The molecule has 0 aliphatic heterocycles. The lowest BCUT2D eigenvalue weighted by Crippen LogP contribution is -2.01. The predicted octanol–water partition coefficient (Wildman–Crippen LogP) is 3.65. The number of aromatic nitrogens is 3. The van der Waals surface area contributed by atoms with Crippen molar-refractivity contribution in [1.82, 2.24) is 15.4 Å². The zero-order chi connectivity index (χ0) is 16.1. The zero-order valence-electron chi connectivity index (χ0n) is 11.9. The van der Waals surface area contributed by atoms with Crippen LogP contribution in [-0.2, 0) is 6.61 Å². The minimum absolute atomic E-state index is 0.140. The highest BCUT2D eigenvalue weighted by molar-refractivity contribution is 5.64. The van der Waals surface area contributed by atoms with Crippen molar-refractivity contribution < 1.29 is 18.3 Å². The first kappa shape index (κ1) is 15.0. The van der Waals surface area contributed by atoms with E-state index in [1.165, 1.54) is 18.3 Å². The van der Waals surface area contributed by atoms with Crippen LogP contribution in [0.2, 0.25) is 0 Å². The number of aromatic amines is 1. The van der Waals surface area contributed by atoms with Crippen LogP contribution in [0.4, 0.5) is 8.78 Å². The van der Waals surface area contributed by atoms with E-state index in [-0.39, 0.29) is 5.75 Å². The maximum Gasteiger partial charge on any atom is 0.387 e. The first-order chi connectivity index (χ1) is 11.2. The average molecular weight is 317 g/mol. The van der Waals surface area contributed by atoms with Crippen molar-refractivity contribution >= 4 is 0 Å². The molecule has 0 spiro atoms. The average Bonchev–Trinajstić information content (AvgIpc) is 3.07. The molecule has 0 saturated heterocycles. The van der Waals surface area contributed by atoms with Crippen molar-refractivity contribution in [3.8, 4) is 22.8 Å². The number of nitrogens with zero attached hydrogens (tertiary/aromatic N) is 2. The predicted molar refractivity (Wildman–Crippen MR) is 79.2 cm³/mol. The van der Waals surface area contributed by atoms with Crippen LogP contribution in [0.3, 0.4) is 0 Å². The minimum atomic E-state index is -2.81. The maximum atomic E-state index is 12.1. The van der Waals surface area contributed by atoms with Crippen molar-refractivity contribution in [3.05, 3.63) is 60.3 Å². The highest BCUT2D eigenvalue weighted by Crippen LogP contribution is 2.24. The lowest BCUT2D eigenvalue weighted by molar-refractivity contribution is -0.0498. The van der Waals surface area contributed by atoms with Crippen LogP contribution in [0, 0.1) is 0 Å². The number of halogens is 2. The third-order valence-corrected chi connectivity index (χ3v) is 3.15. The number of alkyl halides is 2. The molecule has 0 saturated carbocycles. The molecule has 0 radical (unpaired) electrons. The van der Waals surface area contributed by atoms with Crippen molar-refractivity contribution in [3.63, 3.8) is 0 Å². The van der Waals surface area contributed by atoms with Gasteiger partial charge in [-0.15, -0.1) is 5.10 Å². The fourth-order valence-electron chi connectivity index (χ4n) is 2.04. The summed E-state index contributed by atoms with van der Waals surface area (Å²) in [5.41, 5.74) is 2.86. The molecule has 3 aromatic rings. The number of nitrogens with one attached hydrogen (secondary N) is 1. The minimum Gasteiger partial charge on any atom is -0.471 e. The summed E-state index contributed by atoms with van der Waals surface area (Å²) in [6.07, 6.45) is 1.50. The highest BCUT2D eigenvalue weighted by Gasteiger charge is 2.05. The molecule has 1 heterocycles. The third-order valence-electron chi connectivity index (χ3n) is 3.15. The molecule has 0 bridgehead atoms. The SMILES string of the molecule is FC(F)Oc1ccc(-c2ccc(COc3cn[nH]n3)cc2)cc1. The number of rotatable bonds is 6. The standard InChI is InChI=1S/C16H13F2N3O2/c17-16(18)23-14-7-5-13(6-8-14)12-3-1-11(2-4-12)10-22-15-9-19-21-20-15/h1-9,16H,10H2,(H,19,20,21). The number of hydrogen-bond donors (Lipinski definition) is 1. The van der Waals surface area contributed by atoms with Crippen LogP contribution in [0.1, 0.15) is 5.56 Å². The van der Waals surface area contributed by atoms with Gasteiger partial charge in [-0.3, -0.25) is 0 Å². The molecule has 5 nitrogen and oxygen atoms in total. The molecule has 0 atom stereocenters. The number of hydrogen-bond acceptors (Lipinski definition) is 4. The summed E-state index contributed by atoms with van der Waals surface area (Å²) in [6.45, 7) is -2.43. The van der Waals surface area contributed by atoms with E-state index >= 15 is 0 Å². The van der Waals surface area contributed by atoms with Gasteiger partial charge in [-0.1, -0.05) is 36.4 Å². The van der Waals surface area contributed by atoms with Crippen molar-refractivity contribution in [2.75, 3.05) is 0 Å². The van der Waals surface area contributed by atoms with Gasteiger partial charge >= 0.3 is 6.61 Å². The molecule has 7 heteroatoms. The fraction of sp³-hybridized carbons (Fsp3) is 0.125. The molecule has 118 valence electrons. The normalized spacial score (nSPS) is 10.7. The van der Waals surface area contributed by atoms with Crippen LogP contribution in [0.15, 0.2) is 54.7 Å². The van der Waals surface area contributed by atoms with Crippen LogP contribution < -0.4 is 9.47 Å². The molecule has 0 aliphatic carbocycles. The smallest absolute Gasteiger partial charge is 0.387 e. The largest absolute Gasteiger partial charge is 0.471 e. The second kappa shape index (κ2) is 6.87. The molecule has 1 aromatic heterocycles. The molecule has 3 rings (SSSR count). The van der Waals surface area contributed by atoms with Gasteiger partial charge in [0.2, 0.25) is 0 Å². The lowest BCUT2D eigenvalue weighted by Gasteiger charge is -2.07. The first-order valence-corrected chi connectivity index (χ1v) is 6.83. The third kappa shape index (κ3) is 4.03. The Hall–Kier alpha value is -2.96. The Bertz CT molecular complexity index is 729. The van der Waals surface area contributed by atoms with Gasteiger partial charge in [0, 0.05) is 0 Å². The summed E-state index contributed by atoms with van der Waals surface area (Å²) in [7, 11) is 0. The van der Waals surface area contributed by atoms with E-state index < -0.39 is 6.61 Å². The summed E-state index contributed by atoms with van der Waals surface area (Å²) < 4.78 is 34.0. The Labute approximate surface area is 130 Å². The van der Waals surface area contributed by atoms with Gasteiger partial charge in [0.1, 0.15) is 18.6 Å². The monoisotopic (exact) mass is 317 g/mol. The number of H-pyrrole nitrogens is 1. The van der Waals surface area contributed by atoms with Crippen molar-refractivity contribution in [1.29, 1.82) is 0 Å². The summed E-state index contributed by atoms with van der Waals surface area (Å²) in [5, 5.41) is 9.93. The number of ether oxygens (including phenoxy) is 2. The maximum absolute atomic E-state index is 12.1. The van der Waals surface area contributed by atoms with Gasteiger partial charge in [-0.25, -0.2) is 0 Å². The van der Waals surface area contributed by atoms with Crippen LogP contribution >= 0.6 is 0 Å². The lowest BCUT2D eigenvalue weighted by atomic mass is 10.0. The van der Waals surface area contributed by atoms with E-state index in [4.69, 9.17) is 4.74 Å². The summed E-state index contributed by atoms with van der Waals surface area (Å²) >= 11 is 0. The molecular formula is C16H13F2N3O2. The molecule has 23 heavy (non-hydrogen) atoms. The summed E-state index contributed by atoms with van der Waals surface area (Å²) in [4.78, 5) is 0. The Morgan fingerprint density at radius 2 is 1.61 bits per heavy atom. The topological polar surface area (TPSA) is 60.0 Å². The molecule has 0 aliphatic rings. The summed E-state index contributed by atoms with van der Waals surface area (Å²) in [6, 6.07) is 14.2. The second-order valence-corrected chi connectivity index (χ2v) is 4.70. The van der Waals surface area contributed by atoms with E-state index in [0.29, 0.717) is 12.5 Å². The highest BCUT2D eigenvalue weighted by atomic mass is 19.3. The van der Waals surface area contributed by atoms with E-state index in [1.807, 2.05) is 24.3 Å². The van der Waals surface area contributed by atoms with Gasteiger partial charge in [0.25, 0.3) is 5.88 Å². The first-order valence-electron chi connectivity index (χ1n) is 6.83. The molecule has 0 unspecified atom stereocenters. The fourth-order valence-corrected chi connectivity index (χ4v) is 2.04. The van der Waals surface area contributed by atoms with Crippen LogP contribution in [-0.4, -0.2) is 22.0 Å². The summed E-state index contributed by atoms with van der Waals surface area (Å²) in [5.74, 6) is 0.574. The quantitative estimate of drug-likeness (QED) is 0.754. The van der Waals surface area contributed by atoms with Crippen LogP contribution in [0.25, 0.3) is 11.1 Å². The molecule has 0 amide bonds. The van der Waals surface area contributed by atoms with Crippen LogP contribution in [0.5, 0.6) is 11.6 Å². The van der Waals surface area contributed by atoms with Gasteiger partial charge in [-0.2, -0.15) is 19.1 Å². The van der Waals surface area contributed by atoms with Gasteiger partial charge in [0.15, 0.2) is 0 Å². The van der Waals surface area contributed by atoms with Gasteiger partial charge < -0.3 is 9.47 Å². The second-order valence-electron chi connectivity index (χ2n) is 4.70. The van der Waals surface area contributed by atoms with E-state index in [0.717, 1.165) is 16.7 Å². The number of benzene rings is 2. The van der Waals surface area contributed by atoms with Crippen molar-refractivity contribution in [2.24, 2.45) is 0 Å². The van der Waals surface area contributed by atoms with E-state index in [1.54, 1.807) is 12.1 Å². The zero-order valence-corrected chi connectivity index (χ0v) is 11.9. The van der Waals surface area contributed by atoms with Gasteiger partial charge in [0.05, 0.1) is 0 Å². The molecule has 2 aromatic carbocycles. The van der Waals surface area contributed by atoms with Crippen molar-refractivity contribution in [2.45, 2.75) is 13.2 Å². The van der Waals surface area contributed by atoms with E-state index in [2.05, 4.69) is 20.1 Å². The van der Waals surface area contributed by atoms with Gasteiger partial charge in [-0.05, 0) is 28.8 Å². The Kier molecular flexibility index (Phi) is 4.46. The molecule has 0 fully saturated rings. The molecule has 1 N–H and O–H groups in total. The Balaban J connectivity index is 1.64. The Morgan fingerprint density at radius 1 is 0.957 bits per heavy atom. The van der Waals surface area contributed by atoms with E-state index in [9.17, 15) is 8.78 Å². The Morgan fingerprint density at radius 3 is 2.17 bits per heavy atom.